The van der Waals surface area contributed by atoms with Crippen LogP contribution in [0.5, 0.6) is 0 Å². The molecule has 7 nitrogen and oxygen atoms in total. The Labute approximate surface area is 110 Å². The molecule has 0 atom stereocenters. The highest BCUT2D eigenvalue weighted by molar-refractivity contribution is 9.10. The monoisotopic (exact) mass is 337 g/mol. The number of sulfonamides is 1. The van der Waals surface area contributed by atoms with Gasteiger partial charge in [0.15, 0.2) is 9.73 Å². The van der Waals surface area contributed by atoms with Crippen LogP contribution in [0.4, 0.5) is 5.13 Å². The SMILES string of the molecule is Cc1csc(NS(=O)(=O)c2c(Br)nnn2C)n1. The van der Waals surface area contributed by atoms with Crippen molar-refractivity contribution in [1.82, 2.24) is 20.0 Å². The predicted molar refractivity (Wildman–Crippen MR) is 66.4 cm³/mol. The second kappa shape index (κ2) is 4.35. The first-order chi connectivity index (χ1) is 7.90. The Balaban J connectivity index is 2.38. The molecule has 0 unspecified atom stereocenters. The molecule has 0 saturated heterocycles. The third-order valence-corrected chi connectivity index (χ3v) is 5.06. The summed E-state index contributed by atoms with van der Waals surface area (Å²) >= 11 is 4.26. The molecule has 0 aromatic carbocycles. The Morgan fingerprint density at radius 1 is 1.53 bits per heavy atom. The number of thiazole rings is 1. The molecule has 1 N–H and O–H groups in total. The van der Waals surface area contributed by atoms with Crippen molar-refractivity contribution in [3.05, 3.63) is 15.7 Å². The quantitative estimate of drug-likeness (QED) is 0.907. The number of nitrogens with one attached hydrogen (secondary N) is 1. The number of halogens is 1. The maximum absolute atomic E-state index is 12.0. The second-order valence-electron chi connectivity index (χ2n) is 3.21. The van der Waals surface area contributed by atoms with Crippen LogP contribution < -0.4 is 4.72 Å². The van der Waals surface area contributed by atoms with E-state index in [2.05, 4.69) is 35.9 Å². The molecule has 0 aliphatic rings. The van der Waals surface area contributed by atoms with Crippen molar-refractivity contribution in [2.24, 2.45) is 7.05 Å². The molecule has 2 aromatic heterocycles. The fraction of sp³-hybridized carbons (Fsp3) is 0.286. The minimum Gasteiger partial charge on any atom is -0.253 e. The van der Waals surface area contributed by atoms with Gasteiger partial charge in [-0.1, -0.05) is 5.21 Å². The molecule has 2 heterocycles. The second-order valence-corrected chi connectivity index (χ2v) is 6.42. The summed E-state index contributed by atoms with van der Waals surface area (Å²) in [6.45, 7) is 1.79. The smallest absolute Gasteiger partial charge is 0.253 e. The van der Waals surface area contributed by atoms with Crippen molar-refractivity contribution >= 4 is 42.4 Å². The minimum atomic E-state index is -3.73. The molecule has 0 fully saturated rings. The van der Waals surface area contributed by atoms with Crippen LogP contribution in [0.2, 0.25) is 0 Å². The van der Waals surface area contributed by atoms with Crippen molar-refractivity contribution in [1.29, 1.82) is 0 Å². The Hall–Kier alpha value is -1.00. The lowest BCUT2D eigenvalue weighted by atomic mass is 10.6. The Morgan fingerprint density at radius 2 is 2.24 bits per heavy atom. The van der Waals surface area contributed by atoms with Gasteiger partial charge in [0.25, 0.3) is 10.0 Å². The van der Waals surface area contributed by atoms with Crippen LogP contribution in [0.25, 0.3) is 0 Å². The van der Waals surface area contributed by atoms with Crippen LogP contribution in [-0.2, 0) is 17.1 Å². The third kappa shape index (κ3) is 2.48. The third-order valence-electron chi connectivity index (χ3n) is 1.83. The highest BCUT2D eigenvalue weighted by atomic mass is 79.9. The maximum atomic E-state index is 12.0. The Kier molecular flexibility index (Phi) is 3.19. The van der Waals surface area contributed by atoms with Gasteiger partial charge in [0, 0.05) is 12.4 Å². The van der Waals surface area contributed by atoms with Crippen molar-refractivity contribution in [2.75, 3.05) is 4.72 Å². The lowest BCUT2D eigenvalue weighted by Gasteiger charge is -2.04. The van der Waals surface area contributed by atoms with E-state index in [0.717, 1.165) is 5.69 Å². The topological polar surface area (TPSA) is 89.8 Å². The number of aryl methyl sites for hydroxylation is 2. The summed E-state index contributed by atoms with van der Waals surface area (Å²) in [5.74, 6) is 0. The summed E-state index contributed by atoms with van der Waals surface area (Å²) in [5, 5.41) is 9.27. The van der Waals surface area contributed by atoms with Gasteiger partial charge in [-0.2, -0.15) is 8.42 Å². The molecule has 2 rings (SSSR count). The summed E-state index contributed by atoms with van der Waals surface area (Å²) < 4.78 is 27.8. The zero-order valence-electron chi connectivity index (χ0n) is 8.88. The van der Waals surface area contributed by atoms with Gasteiger partial charge in [-0.25, -0.2) is 9.67 Å². The van der Waals surface area contributed by atoms with Crippen molar-refractivity contribution < 1.29 is 8.42 Å². The summed E-state index contributed by atoms with van der Waals surface area (Å²) in [7, 11) is -2.23. The fourth-order valence-electron chi connectivity index (χ4n) is 1.17. The number of hydrogen-bond donors (Lipinski definition) is 1. The van der Waals surface area contributed by atoms with Crippen LogP contribution in [-0.4, -0.2) is 28.4 Å². The fourth-order valence-corrected chi connectivity index (χ4v) is 4.21. The molecular formula is C7H8BrN5O2S2. The maximum Gasteiger partial charge on any atom is 0.283 e. The van der Waals surface area contributed by atoms with Crippen molar-refractivity contribution in [3.8, 4) is 0 Å². The van der Waals surface area contributed by atoms with E-state index in [0.29, 0.717) is 5.13 Å². The van der Waals surface area contributed by atoms with E-state index in [1.165, 1.54) is 23.1 Å². The number of nitrogens with zero attached hydrogens (tertiary/aromatic N) is 4. The molecule has 0 aliphatic heterocycles. The lowest BCUT2D eigenvalue weighted by molar-refractivity contribution is 0.578. The molecule has 17 heavy (non-hydrogen) atoms. The number of anilines is 1. The van der Waals surface area contributed by atoms with Gasteiger partial charge >= 0.3 is 0 Å². The number of rotatable bonds is 3. The molecule has 0 spiro atoms. The van der Waals surface area contributed by atoms with Gasteiger partial charge in [0.05, 0.1) is 5.69 Å². The van der Waals surface area contributed by atoms with E-state index in [9.17, 15) is 8.42 Å². The minimum absolute atomic E-state index is 0.0367. The zero-order chi connectivity index (χ0) is 12.6. The molecule has 92 valence electrons. The Morgan fingerprint density at radius 3 is 2.71 bits per heavy atom. The summed E-state index contributed by atoms with van der Waals surface area (Å²) in [5.41, 5.74) is 0.759. The van der Waals surface area contributed by atoms with Crippen LogP contribution in [0.1, 0.15) is 5.69 Å². The normalized spacial score (nSPS) is 11.7. The molecule has 0 saturated carbocycles. The summed E-state index contributed by atoms with van der Waals surface area (Å²) in [4.78, 5) is 4.03. The van der Waals surface area contributed by atoms with Gasteiger partial charge in [-0.05, 0) is 22.9 Å². The largest absolute Gasteiger partial charge is 0.283 e. The molecule has 0 amide bonds. The van der Waals surface area contributed by atoms with Gasteiger partial charge < -0.3 is 0 Å². The average Bonchev–Trinajstić information content (AvgIpc) is 2.73. The molecule has 10 heteroatoms. The number of aromatic nitrogens is 4. The van der Waals surface area contributed by atoms with Gasteiger partial charge in [-0.15, -0.1) is 16.4 Å². The van der Waals surface area contributed by atoms with E-state index in [1.54, 1.807) is 12.3 Å². The molecule has 0 bridgehead atoms. The van der Waals surface area contributed by atoms with Crippen LogP contribution in [0.15, 0.2) is 15.0 Å². The first-order valence-corrected chi connectivity index (χ1v) is 7.56. The van der Waals surface area contributed by atoms with Gasteiger partial charge in [-0.3, -0.25) is 4.72 Å². The first-order valence-electron chi connectivity index (χ1n) is 4.40. The zero-order valence-corrected chi connectivity index (χ0v) is 12.1. The van der Waals surface area contributed by atoms with E-state index in [4.69, 9.17) is 0 Å². The van der Waals surface area contributed by atoms with Crippen LogP contribution in [0, 0.1) is 6.92 Å². The molecule has 0 aliphatic carbocycles. The average molecular weight is 338 g/mol. The van der Waals surface area contributed by atoms with E-state index >= 15 is 0 Å². The molecular weight excluding hydrogens is 330 g/mol. The molecule has 0 radical (unpaired) electrons. The van der Waals surface area contributed by atoms with Crippen LogP contribution in [0.3, 0.4) is 0 Å². The van der Waals surface area contributed by atoms with Gasteiger partial charge in [0.2, 0.25) is 5.03 Å². The highest BCUT2D eigenvalue weighted by Crippen LogP contribution is 2.23. The van der Waals surface area contributed by atoms with Crippen molar-refractivity contribution in [3.63, 3.8) is 0 Å². The van der Waals surface area contributed by atoms with E-state index in [-0.39, 0.29) is 9.63 Å². The lowest BCUT2D eigenvalue weighted by Crippen LogP contribution is -2.17. The van der Waals surface area contributed by atoms with Gasteiger partial charge in [0.1, 0.15) is 0 Å². The summed E-state index contributed by atoms with van der Waals surface area (Å²) in [6.07, 6.45) is 0. The van der Waals surface area contributed by atoms with Crippen molar-refractivity contribution in [2.45, 2.75) is 11.9 Å². The molecule has 2 aromatic rings. The predicted octanol–water partition coefficient (Wildman–Crippen LogP) is 1.14. The van der Waals surface area contributed by atoms with E-state index in [1.807, 2.05) is 0 Å². The standard InChI is InChI=1S/C7H8BrN5O2S2/c1-4-3-16-7(9-4)11-17(14,15)6-5(8)10-12-13(6)2/h3H,1-2H3,(H,9,11). The highest BCUT2D eigenvalue weighted by Gasteiger charge is 2.24. The Bertz CT molecular complexity index is 628. The van der Waals surface area contributed by atoms with Crippen LogP contribution >= 0.6 is 27.3 Å². The first kappa shape index (κ1) is 12.5. The summed E-state index contributed by atoms with van der Waals surface area (Å²) in [6, 6.07) is 0. The number of hydrogen-bond acceptors (Lipinski definition) is 6. The van der Waals surface area contributed by atoms with E-state index < -0.39 is 10.0 Å².